The topological polar surface area (TPSA) is 45.1 Å². The normalized spacial score (nSPS) is 14.1. The Morgan fingerprint density at radius 2 is 1.74 bits per heavy atom. The molecule has 0 spiro atoms. The molecule has 2 rings (SSSR count). The number of nitrogens with one attached hydrogen (secondary N) is 1. The number of benzene rings is 1. The smallest absolute Gasteiger partial charge is 0.120 e. The summed E-state index contributed by atoms with van der Waals surface area (Å²) in [6.07, 6.45) is 3.59. The molecule has 2 unspecified atom stereocenters. The molecule has 100 valence electrons. The minimum atomic E-state index is 0.0862. The van der Waals surface area contributed by atoms with Crippen LogP contribution in [0.4, 0.5) is 0 Å². The zero-order chi connectivity index (χ0) is 13.8. The molecule has 3 heteroatoms. The zero-order valence-corrected chi connectivity index (χ0v) is 11.6. The molecule has 1 aromatic heterocycles. The minimum Gasteiger partial charge on any atom is -0.508 e. The predicted molar refractivity (Wildman–Crippen MR) is 77.0 cm³/mol. The van der Waals surface area contributed by atoms with Gasteiger partial charge in [-0.2, -0.15) is 0 Å². The lowest BCUT2D eigenvalue weighted by Gasteiger charge is -2.21. The number of hydrogen-bond donors (Lipinski definition) is 2. The first-order valence-corrected chi connectivity index (χ1v) is 6.53. The maximum atomic E-state index is 9.94. The highest BCUT2D eigenvalue weighted by Crippen LogP contribution is 2.27. The largest absolute Gasteiger partial charge is 0.508 e. The Morgan fingerprint density at radius 1 is 1.05 bits per heavy atom. The highest BCUT2D eigenvalue weighted by atomic mass is 16.3. The van der Waals surface area contributed by atoms with E-state index < -0.39 is 0 Å². The van der Waals surface area contributed by atoms with E-state index in [-0.39, 0.29) is 12.1 Å². The van der Waals surface area contributed by atoms with Crippen molar-refractivity contribution in [3.05, 3.63) is 59.4 Å². The third-order valence-corrected chi connectivity index (χ3v) is 3.36. The van der Waals surface area contributed by atoms with Crippen LogP contribution >= 0.6 is 0 Å². The Labute approximate surface area is 114 Å². The Balaban J connectivity index is 2.13. The van der Waals surface area contributed by atoms with Crippen molar-refractivity contribution in [3.63, 3.8) is 0 Å². The first kappa shape index (κ1) is 13.6. The fourth-order valence-corrected chi connectivity index (χ4v) is 2.23. The monoisotopic (exact) mass is 256 g/mol. The van der Waals surface area contributed by atoms with E-state index in [0.29, 0.717) is 5.75 Å². The fraction of sp³-hybridized carbons (Fsp3) is 0.312. The van der Waals surface area contributed by atoms with E-state index in [0.717, 1.165) is 11.1 Å². The molecule has 0 amide bonds. The van der Waals surface area contributed by atoms with E-state index >= 15 is 0 Å². The molecular formula is C16H20N2O. The lowest BCUT2D eigenvalue weighted by atomic mass is 10.0. The second-order valence-corrected chi connectivity index (χ2v) is 4.95. The highest BCUT2D eigenvalue weighted by Gasteiger charge is 2.14. The lowest BCUT2D eigenvalue weighted by molar-refractivity contribution is 0.438. The molecule has 2 N–H and O–H groups in total. The van der Waals surface area contributed by atoms with Crippen LogP contribution in [-0.2, 0) is 0 Å². The van der Waals surface area contributed by atoms with E-state index in [9.17, 15) is 5.11 Å². The van der Waals surface area contributed by atoms with Crippen LogP contribution in [0.25, 0.3) is 0 Å². The van der Waals surface area contributed by atoms with Gasteiger partial charge in [-0.25, -0.2) is 0 Å². The third-order valence-electron chi connectivity index (χ3n) is 3.36. The molecule has 0 saturated heterocycles. The number of hydrogen-bond acceptors (Lipinski definition) is 3. The van der Waals surface area contributed by atoms with Gasteiger partial charge in [0, 0.05) is 30.0 Å². The SMILES string of the molecule is Cc1ccc(O)c(C(C)NC(C)c2ccncc2)c1. The quantitative estimate of drug-likeness (QED) is 0.880. The van der Waals surface area contributed by atoms with E-state index in [4.69, 9.17) is 0 Å². The minimum absolute atomic E-state index is 0.0862. The van der Waals surface area contributed by atoms with Crippen LogP contribution in [0.3, 0.4) is 0 Å². The zero-order valence-electron chi connectivity index (χ0n) is 11.6. The van der Waals surface area contributed by atoms with Crippen LogP contribution in [0.5, 0.6) is 5.75 Å². The lowest BCUT2D eigenvalue weighted by Crippen LogP contribution is -2.22. The van der Waals surface area contributed by atoms with Gasteiger partial charge in [0.05, 0.1) is 0 Å². The van der Waals surface area contributed by atoms with Crippen LogP contribution in [-0.4, -0.2) is 10.1 Å². The van der Waals surface area contributed by atoms with Crippen molar-refractivity contribution in [1.82, 2.24) is 10.3 Å². The van der Waals surface area contributed by atoms with Gasteiger partial charge in [0.2, 0.25) is 0 Å². The van der Waals surface area contributed by atoms with Crippen molar-refractivity contribution < 1.29 is 5.11 Å². The van der Waals surface area contributed by atoms with Gasteiger partial charge >= 0.3 is 0 Å². The molecule has 0 bridgehead atoms. The van der Waals surface area contributed by atoms with Gasteiger partial charge in [-0.15, -0.1) is 0 Å². The van der Waals surface area contributed by atoms with Crippen LogP contribution in [0.15, 0.2) is 42.7 Å². The summed E-state index contributed by atoms with van der Waals surface area (Å²) in [6.45, 7) is 6.20. The third kappa shape index (κ3) is 3.32. The van der Waals surface area contributed by atoms with E-state index in [2.05, 4.69) is 24.1 Å². The number of aryl methyl sites for hydroxylation is 1. The van der Waals surface area contributed by atoms with Gasteiger partial charge in [-0.3, -0.25) is 4.98 Å². The van der Waals surface area contributed by atoms with E-state index in [1.807, 2.05) is 31.2 Å². The van der Waals surface area contributed by atoms with Crippen LogP contribution in [0.2, 0.25) is 0 Å². The maximum Gasteiger partial charge on any atom is 0.120 e. The Bertz CT molecular complexity index is 540. The summed E-state index contributed by atoms with van der Waals surface area (Å²) < 4.78 is 0. The van der Waals surface area contributed by atoms with Crippen LogP contribution in [0.1, 0.15) is 42.6 Å². The molecule has 2 atom stereocenters. The number of aromatic hydroxyl groups is 1. The average molecular weight is 256 g/mol. The first-order valence-electron chi connectivity index (χ1n) is 6.53. The Morgan fingerprint density at radius 3 is 2.42 bits per heavy atom. The molecule has 0 saturated carbocycles. The van der Waals surface area contributed by atoms with Gasteiger partial charge < -0.3 is 10.4 Å². The van der Waals surface area contributed by atoms with Crippen LogP contribution in [0, 0.1) is 6.92 Å². The summed E-state index contributed by atoms with van der Waals surface area (Å²) in [5, 5.41) is 13.4. The molecule has 3 nitrogen and oxygen atoms in total. The van der Waals surface area contributed by atoms with Crippen molar-refractivity contribution in [2.24, 2.45) is 0 Å². The van der Waals surface area contributed by atoms with Crippen molar-refractivity contribution in [2.75, 3.05) is 0 Å². The average Bonchev–Trinajstić information content (AvgIpc) is 2.42. The number of phenols is 1. The number of nitrogens with zero attached hydrogens (tertiary/aromatic N) is 1. The summed E-state index contributed by atoms with van der Waals surface area (Å²) in [4.78, 5) is 4.02. The van der Waals surface area contributed by atoms with Gasteiger partial charge in [0.15, 0.2) is 0 Å². The fourth-order valence-electron chi connectivity index (χ4n) is 2.23. The Kier molecular flexibility index (Phi) is 4.17. The number of rotatable bonds is 4. The summed E-state index contributed by atoms with van der Waals surface area (Å²) in [7, 11) is 0. The van der Waals surface area contributed by atoms with Crippen molar-refractivity contribution >= 4 is 0 Å². The van der Waals surface area contributed by atoms with E-state index in [1.165, 1.54) is 5.56 Å². The first-order chi connectivity index (χ1) is 9.08. The maximum absolute atomic E-state index is 9.94. The second kappa shape index (κ2) is 5.85. The van der Waals surface area contributed by atoms with Crippen LogP contribution < -0.4 is 5.32 Å². The molecular weight excluding hydrogens is 236 g/mol. The number of pyridine rings is 1. The van der Waals surface area contributed by atoms with Gasteiger partial charge in [-0.1, -0.05) is 17.7 Å². The number of phenolic OH excluding ortho intramolecular Hbond substituents is 1. The van der Waals surface area contributed by atoms with Crippen molar-refractivity contribution in [1.29, 1.82) is 0 Å². The highest BCUT2D eigenvalue weighted by molar-refractivity contribution is 5.37. The summed E-state index contributed by atoms with van der Waals surface area (Å²) in [6, 6.07) is 9.98. The number of aromatic nitrogens is 1. The van der Waals surface area contributed by atoms with Crippen molar-refractivity contribution in [2.45, 2.75) is 32.9 Å². The molecule has 2 aromatic rings. The second-order valence-electron chi connectivity index (χ2n) is 4.95. The molecule has 0 fully saturated rings. The molecule has 1 aromatic carbocycles. The molecule has 19 heavy (non-hydrogen) atoms. The van der Waals surface area contributed by atoms with Crippen molar-refractivity contribution in [3.8, 4) is 5.75 Å². The standard InChI is InChI=1S/C16H20N2O/c1-11-4-5-16(19)15(10-11)13(3)18-12(2)14-6-8-17-9-7-14/h4-10,12-13,18-19H,1-3H3. The molecule has 0 aliphatic heterocycles. The summed E-state index contributed by atoms with van der Waals surface area (Å²) in [5.74, 6) is 0.340. The van der Waals surface area contributed by atoms with Gasteiger partial charge in [-0.05, 0) is 44.5 Å². The van der Waals surface area contributed by atoms with Gasteiger partial charge in [0.25, 0.3) is 0 Å². The Hall–Kier alpha value is -1.87. The molecule has 0 aliphatic rings. The summed E-state index contributed by atoms with van der Waals surface area (Å²) >= 11 is 0. The molecule has 0 radical (unpaired) electrons. The van der Waals surface area contributed by atoms with Gasteiger partial charge in [0.1, 0.15) is 5.75 Å². The van der Waals surface area contributed by atoms with E-state index in [1.54, 1.807) is 18.5 Å². The molecule has 0 aliphatic carbocycles. The summed E-state index contributed by atoms with van der Waals surface area (Å²) in [5.41, 5.74) is 3.27. The predicted octanol–water partition coefficient (Wildman–Crippen LogP) is 3.51. The molecule has 1 heterocycles.